The monoisotopic (exact) mass is 288 g/mol. The highest BCUT2D eigenvalue weighted by Crippen LogP contribution is 2.50. The smallest absolute Gasteiger partial charge is 0.314 e. The number of carbonyl (C=O) groups is 1. The summed E-state index contributed by atoms with van der Waals surface area (Å²) in [6, 6.07) is 2.71. The van der Waals surface area contributed by atoms with E-state index in [0.29, 0.717) is 23.1 Å². The van der Waals surface area contributed by atoms with Crippen LogP contribution in [0.3, 0.4) is 0 Å². The maximum absolute atomic E-state index is 13.7. The number of aliphatic carboxylic acids is 1. The summed E-state index contributed by atoms with van der Waals surface area (Å²) in [5.74, 6) is -1.13. The molecule has 0 aliphatic heterocycles. The van der Waals surface area contributed by atoms with Crippen molar-refractivity contribution in [3.05, 3.63) is 28.0 Å². The Bertz CT molecular complexity index is 455. The molecule has 0 saturated heterocycles. The van der Waals surface area contributed by atoms with Gasteiger partial charge >= 0.3 is 5.97 Å². The summed E-state index contributed by atoms with van der Waals surface area (Å²) in [6.45, 7) is 0. The highest BCUT2D eigenvalue weighted by molar-refractivity contribution is 9.10. The van der Waals surface area contributed by atoms with Gasteiger partial charge in [0.15, 0.2) is 0 Å². The molecule has 2 rings (SSSR count). The summed E-state index contributed by atoms with van der Waals surface area (Å²) in [5.41, 5.74) is -0.800. The summed E-state index contributed by atoms with van der Waals surface area (Å²) in [7, 11) is 1.43. The van der Waals surface area contributed by atoms with E-state index in [9.17, 15) is 9.18 Å². The van der Waals surface area contributed by atoms with Gasteiger partial charge < -0.3 is 9.84 Å². The molecule has 1 aromatic carbocycles. The molecular weight excluding hydrogens is 279 g/mol. The van der Waals surface area contributed by atoms with Crippen LogP contribution in [-0.2, 0) is 10.2 Å². The Morgan fingerprint density at radius 1 is 1.56 bits per heavy atom. The van der Waals surface area contributed by atoms with Crippen LogP contribution < -0.4 is 4.74 Å². The quantitative estimate of drug-likeness (QED) is 0.930. The summed E-state index contributed by atoms with van der Waals surface area (Å²) >= 11 is 3.23. The zero-order valence-electron chi connectivity index (χ0n) is 8.59. The fraction of sp³-hybridized carbons (Fsp3) is 0.364. The van der Waals surface area contributed by atoms with E-state index in [1.807, 2.05) is 0 Å². The maximum atomic E-state index is 13.7. The summed E-state index contributed by atoms with van der Waals surface area (Å²) in [5, 5.41) is 9.09. The molecule has 1 aromatic rings. The maximum Gasteiger partial charge on any atom is 0.314 e. The van der Waals surface area contributed by atoms with E-state index in [1.165, 1.54) is 19.2 Å². The number of halogens is 2. The molecule has 86 valence electrons. The lowest BCUT2D eigenvalue weighted by Crippen LogP contribution is -2.21. The number of hydrogen-bond donors (Lipinski definition) is 1. The molecule has 0 unspecified atom stereocenters. The Balaban J connectivity index is 2.51. The van der Waals surface area contributed by atoms with Gasteiger partial charge in [-0.15, -0.1) is 0 Å². The minimum atomic E-state index is -1.03. The first-order chi connectivity index (χ1) is 7.51. The zero-order valence-corrected chi connectivity index (χ0v) is 10.2. The van der Waals surface area contributed by atoms with Gasteiger partial charge in [-0.3, -0.25) is 4.79 Å². The fourth-order valence-electron chi connectivity index (χ4n) is 1.78. The predicted molar refractivity (Wildman–Crippen MR) is 59.2 cm³/mol. The molecule has 1 aliphatic carbocycles. The number of methoxy groups -OCH3 is 1. The lowest BCUT2D eigenvalue weighted by atomic mass is 9.95. The van der Waals surface area contributed by atoms with Crippen LogP contribution in [0.4, 0.5) is 4.39 Å². The molecule has 16 heavy (non-hydrogen) atoms. The Hall–Kier alpha value is -1.10. The second kappa shape index (κ2) is 3.73. The van der Waals surface area contributed by atoms with Crippen LogP contribution in [0.2, 0.25) is 0 Å². The molecular formula is C11H10BrFO3. The van der Waals surface area contributed by atoms with Crippen LogP contribution >= 0.6 is 15.9 Å². The normalized spacial score (nSPS) is 16.9. The molecule has 1 fully saturated rings. The van der Waals surface area contributed by atoms with E-state index >= 15 is 0 Å². The van der Waals surface area contributed by atoms with Crippen molar-refractivity contribution in [3.63, 3.8) is 0 Å². The fourth-order valence-corrected chi connectivity index (χ4v) is 2.28. The van der Waals surface area contributed by atoms with E-state index in [0.717, 1.165) is 0 Å². The van der Waals surface area contributed by atoms with Crippen molar-refractivity contribution in [3.8, 4) is 5.75 Å². The number of carboxylic acid groups (broad SMARTS) is 1. The van der Waals surface area contributed by atoms with Gasteiger partial charge in [0.05, 0.1) is 17.0 Å². The lowest BCUT2D eigenvalue weighted by molar-refractivity contribution is -0.140. The van der Waals surface area contributed by atoms with Crippen molar-refractivity contribution >= 4 is 21.9 Å². The molecule has 0 aromatic heterocycles. The SMILES string of the molecule is COc1cc(F)c(C2(C(=O)O)CC2)cc1Br. The third-order valence-corrected chi connectivity index (χ3v) is 3.54. The van der Waals surface area contributed by atoms with Crippen molar-refractivity contribution in [2.75, 3.05) is 7.11 Å². The second-order valence-electron chi connectivity index (χ2n) is 3.85. The molecule has 0 spiro atoms. The van der Waals surface area contributed by atoms with Crippen molar-refractivity contribution in [2.45, 2.75) is 18.3 Å². The van der Waals surface area contributed by atoms with Crippen LogP contribution in [0, 0.1) is 5.82 Å². The first-order valence-corrected chi connectivity index (χ1v) is 5.57. The Morgan fingerprint density at radius 2 is 2.19 bits per heavy atom. The predicted octanol–water partition coefficient (Wildman–Crippen LogP) is 2.71. The van der Waals surface area contributed by atoms with Crippen molar-refractivity contribution in [1.29, 1.82) is 0 Å². The van der Waals surface area contributed by atoms with E-state index in [4.69, 9.17) is 9.84 Å². The van der Waals surface area contributed by atoms with Crippen molar-refractivity contribution < 1.29 is 19.0 Å². The summed E-state index contributed by atoms with van der Waals surface area (Å²) in [6.07, 6.45) is 0.968. The number of rotatable bonds is 3. The van der Waals surface area contributed by atoms with E-state index < -0.39 is 17.2 Å². The van der Waals surface area contributed by atoms with Crippen LogP contribution in [0.15, 0.2) is 16.6 Å². The molecule has 1 aliphatic rings. The average molecular weight is 289 g/mol. The van der Waals surface area contributed by atoms with Gasteiger partial charge in [0.2, 0.25) is 0 Å². The topological polar surface area (TPSA) is 46.5 Å². The molecule has 0 heterocycles. The molecule has 1 N–H and O–H groups in total. The van der Waals surface area contributed by atoms with E-state index in [2.05, 4.69) is 15.9 Å². The number of hydrogen-bond acceptors (Lipinski definition) is 2. The van der Waals surface area contributed by atoms with Crippen molar-refractivity contribution in [1.82, 2.24) is 0 Å². The third-order valence-electron chi connectivity index (χ3n) is 2.92. The third kappa shape index (κ3) is 1.59. The van der Waals surface area contributed by atoms with Gasteiger partial charge in [0.25, 0.3) is 0 Å². The molecule has 0 bridgehead atoms. The number of ether oxygens (including phenoxy) is 1. The minimum Gasteiger partial charge on any atom is -0.495 e. The van der Waals surface area contributed by atoms with Gasteiger partial charge in [-0.2, -0.15) is 0 Å². The average Bonchev–Trinajstić information content (AvgIpc) is 3.01. The molecule has 0 amide bonds. The Kier molecular flexibility index (Phi) is 2.66. The summed E-state index contributed by atoms with van der Waals surface area (Å²) in [4.78, 5) is 11.1. The lowest BCUT2D eigenvalue weighted by Gasteiger charge is -2.13. The van der Waals surface area contributed by atoms with Crippen molar-refractivity contribution in [2.24, 2.45) is 0 Å². The minimum absolute atomic E-state index is 0.229. The van der Waals surface area contributed by atoms with Crippen LogP contribution in [0.25, 0.3) is 0 Å². The van der Waals surface area contributed by atoms with Gasteiger partial charge in [0, 0.05) is 11.6 Å². The highest BCUT2D eigenvalue weighted by atomic mass is 79.9. The highest BCUT2D eigenvalue weighted by Gasteiger charge is 2.53. The van der Waals surface area contributed by atoms with E-state index in [1.54, 1.807) is 0 Å². The second-order valence-corrected chi connectivity index (χ2v) is 4.71. The molecule has 0 radical (unpaired) electrons. The van der Waals surface area contributed by atoms with Gasteiger partial charge in [-0.1, -0.05) is 0 Å². The van der Waals surface area contributed by atoms with Crippen LogP contribution in [-0.4, -0.2) is 18.2 Å². The number of benzene rings is 1. The van der Waals surface area contributed by atoms with Gasteiger partial charge in [0.1, 0.15) is 11.6 Å². The largest absolute Gasteiger partial charge is 0.495 e. The standard InChI is InChI=1S/C11H10BrFO3/c1-16-9-5-8(13)6(4-7(9)12)11(2-3-11)10(14)15/h4-5H,2-3H2,1H3,(H,14,15). The van der Waals surface area contributed by atoms with E-state index in [-0.39, 0.29) is 5.56 Å². The van der Waals surface area contributed by atoms with Gasteiger partial charge in [-0.05, 0) is 34.8 Å². The summed E-state index contributed by atoms with van der Waals surface area (Å²) < 4.78 is 19.3. The molecule has 5 heteroatoms. The van der Waals surface area contributed by atoms with Gasteiger partial charge in [-0.25, -0.2) is 4.39 Å². The first-order valence-electron chi connectivity index (χ1n) is 4.78. The molecule has 3 nitrogen and oxygen atoms in total. The van der Waals surface area contributed by atoms with Crippen LogP contribution in [0.5, 0.6) is 5.75 Å². The Labute approximate surface area is 100 Å². The molecule has 1 saturated carbocycles. The zero-order chi connectivity index (χ0) is 11.9. The van der Waals surface area contributed by atoms with Crippen LogP contribution in [0.1, 0.15) is 18.4 Å². The Morgan fingerprint density at radius 3 is 2.62 bits per heavy atom. The molecule has 0 atom stereocenters. The number of carboxylic acids is 1. The first kappa shape index (κ1) is 11.4.